The number of nitrogen functional groups attached to an aromatic ring is 1. The molecule has 0 amide bonds. The third kappa shape index (κ3) is 3.24. The predicted octanol–water partition coefficient (Wildman–Crippen LogP) is 4.99. The molecule has 0 aliphatic rings. The summed E-state index contributed by atoms with van der Waals surface area (Å²) in [4.78, 5) is 0. The molecule has 4 nitrogen and oxygen atoms in total. The average Bonchev–Trinajstić information content (AvgIpc) is 2.95. The summed E-state index contributed by atoms with van der Waals surface area (Å²) in [7, 11) is 0. The smallest absolute Gasteiger partial charge is 0.168 e. The van der Waals surface area contributed by atoms with Crippen LogP contribution >= 0.6 is 0 Å². The summed E-state index contributed by atoms with van der Waals surface area (Å²) >= 11 is 0. The van der Waals surface area contributed by atoms with Crippen LogP contribution in [0.2, 0.25) is 0 Å². The lowest BCUT2D eigenvalue weighted by Gasteiger charge is -2.23. The number of aryl methyl sites for hydroxylation is 3. The number of anilines is 1. The van der Waals surface area contributed by atoms with Crippen LogP contribution in [0.15, 0.2) is 36.4 Å². The summed E-state index contributed by atoms with van der Waals surface area (Å²) in [5.74, 6) is 1.73. The van der Waals surface area contributed by atoms with E-state index in [1.54, 1.807) is 0 Å². The lowest BCUT2D eigenvalue weighted by molar-refractivity contribution is 0.592. The summed E-state index contributed by atoms with van der Waals surface area (Å²) in [6.45, 7) is 12.8. The maximum Gasteiger partial charge on any atom is 0.168 e. The summed E-state index contributed by atoms with van der Waals surface area (Å²) in [5.41, 5.74) is 12.8. The molecule has 3 aromatic rings. The molecule has 0 aliphatic heterocycles. The first-order valence-electron chi connectivity index (χ1n) is 9.14. The number of benzene rings is 2. The minimum atomic E-state index is -0.0325. The number of hydrogen-bond acceptors (Lipinski definition) is 3. The Morgan fingerprint density at radius 2 is 1.65 bits per heavy atom. The molecule has 3 rings (SSSR count). The Hall–Kier alpha value is -2.62. The van der Waals surface area contributed by atoms with Crippen LogP contribution in [0.1, 0.15) is 50.2 Å². The van der Waals surface area contributed by atoms with Crippen molar-refractivity contribution < 1.29 is 0 Å². The van der Waals surface area contributed by atoms with Gasteiger partial charge in [0.15, 0.2) is 5.82 Å². The fourth-order valence-corrected chi connectivity index (χ4v) is 3.35. The normalized spacial score (nSPS) is 11.8. The molecule has 0 aliphatic carbocycles. The Kier molecular flexibility index (Phi) is 4.61. The van der Waals surface area contributed by atoms with E-state index < -0.39 is 0 Å². The summed E-state index contributed by atoms with van der Waals surface area (Å²) in [6, 6.07) is 12.8. The van der Waals surface area contributed by atoms with Crippen LogP contribution in [0.5, 0.6) is 0 Å². The molecule has 2 aromatic carbocycles. The topological polar surface area (TPSA) is 56.7 Å². The average molecular weight is 348 g/mol. The van der Waals surface area contributed by atoms with Crippen LogP contribution in [0.4, 0.5) is 5.69 Å². The van der Waals surface area contributed by atoms with E-state index in [4.69, 9.17) is 5.73 Å². The molecule has 2 N–H and O–H groups in total. The van der Waals surface area contributed by atoms with Gasteiger partial charge in [0.2, 0.25) is 0 Å². The standard InChI is InChI=1S/C22H28N4/c1-7-16-8-10-17(11-9-16)26-15(3)24-25-21(26)18-13-19(22(4,5)6)20(23)12-14(18)2/h8-13H,7,23H2,1-6H3. The van der Waals surface area contributed by atoms with Crippen LogP contribution in [0.3, 0.4) is 0 Å². The van der Waals surface area contributed by atoms with Gasteiger partial charge in [-0.15, -0.1) is 10.2 Å². The molecule has 4 heteroatoms. The first-order chi connectivity index (χ1) is 12.2. The molecule has 0 saturated heterocycles. The Morgan fingerprint density at radius 3 is 2.23 bits per heavy atom. The SMILES string of the molecule is CCc1ccc(-n2c(C)nnc2-c2cc(C(C)(C)C)c(N)cc2C)cc1. The van der Waals surface area contributed by atoms with Crippen molar-refractivity contribution in [3.8, 4) is 17.1 Å². The van der Waals surface area contributed by atoms with Gasteiger partial charge in [0, 0.05) is 16.9 Å². The van der Waals surface area contributed by atoms with Gasteiger partial charge in [-0.1, -0.05) is 39.8 Å². The van der Waals surface area contributed by atoms with E-state index in [2.05, 4.69) is 79.7 Å². The van der Waals surface area contributed by atoms with Crippen LogP contribution < -0.4 is 5.73 Å². The van der Waals surface area contributed by atoms with Gasteiger partial charge in [0.25, 0.3) is 0 Å². The number of rotatable bonds is 3. The fraction of sp³-hybridized carbons (Fsp3) is 0.364. The molecule has 26 heavy (non-hydrogen) atoms. The van der Waals surface area contributed by atoms with Crippen LogP contribution in [-0.4, -0.2) is 14.8 Å². The minimum Gasteiger partial charge on any atom is -0.398 e. The Balaban J connectivity index is 2.20. The van der Waals surface area contributed by atoms with Crippen molar-refractivity contribution in [1.82, 2.24) is 14.8 Å². The molecule has 0 spiro atoms. The van der Waals surface area contributed by atoms with Crippen molar-refractivity contribution in [2.75, 3.05) is 5.73 Å². The highest BCUT2D eigenvalue weighted by molar-refractivity contribution is 5.69. The van der Waals surface area contributed by atoms with Gasteiger partial charge in [0.1, 0.15) is 5.82 Å². The fourth-order valence-electron chi connectivity index (χ4n) is 3.35. The number of nitrogens with zero attached hydrogens (tertiary/aromatic N) is 3. The lowest BCUT2D eigenvalue weighted by atomic mass is 9.84. The first-order valence-corrected chi connectivity index (χ1v) is 9.14. The molecular weight excluding hydrogens is 320 g/mol. The van der Waals surface area contributed by atoms with Gasteiger partial charge in [-0.05, 0) is 66.6 Å². The van der Waals surface area contributed by atoms with Crippen molar-refractivity contribution in [3.05, 3.63) is 58.9 Å². The highest BCUT2D eigenvalue weighted by Crippen LogP contribution is 2.35. The number of hydrogen-bond donors (Lipinski definition) is 1. The predicted molar refractivity (Wildman–Crippen MR) is 109 cm³/mol. The van der Waals surface area contributed by atoms with E-state index in [0.29, 0.717) is 0 Å². The Labute approximate surface area is 156 Å². The zero-order chi connectivity index (χ0) is 19.1. The molecular formula is C22H28N4. The zero-order valence-corrected chi connectivity index (χ0v) is 16.6. The highest BCUT2D eigenvalue weighted by atomic mass is 15.3. The third-order valence-electron chi connectivity index (χ3n) is 4.87. The van der Waals surface area contributed by atoms with E-state index in [0.717, 1.165) is 46.1 Å². The quantitative estimate of drug-likeness (QED) is 0.678. The van der Waals surface area contributed by atoms with Gasteiger partial charge in [-0.25, -0.2) is 0 Å². The van der Waals surface area contributed by atoms with Gasteiger partial charge in [0.05, 0.1) is 0 Å². The van der Waals surface area contributed by atoms with E-state index >= 15 is 0 Å². The minimum absolute atomic E-state index is 0.0325. The Bertz CT molecular complexity index is 928. The monoisotopic (exact) mass is 348 g/mol. The number of aromatic nitrogens is 3. The first kappa shape index (κ1) is 18.2. The van der Waals surface area contributed by atoms with Crippen molar-refractivity contribution in [3.63, 3.8) is 0 Å². The summed E-state index contributed by atoms with van der Waals surface area (Å²) in [5, 5.41) is 8.84. The van der Waals surface area contributed by atoms with E-state index in [-0.39, 0.29) is 5.41 Å². The second-order valence-corrected chi connectivity index (χ2v) is 7.93. The maximum atomic E-state index is 6.30. The molecule has 136 valence electrons. The van der Waals surface area contributed by atoms with Gasteiger partial charge >= 0.3 is 0 Å². The molecule has 1 heterocycles. The third-order valence-corrected chi connectivity index (χ3v) is 4.87. The Morgan fingerprint density at radius 1 is 1.00 bits per heavy atom. The van der Waals surface area contributed by atoms with E-state index in [1.807, 2.05) is 13.0 Å². The molecule has 0 fully saturated rings. The van der Waals surface area contributed by atoms with E-state index in [1.165, 1.54) is 5.56 Å². The maximum absolute atomic E-state index is 6.30. The molecule has 0 unspecified atom stereocenters. The van der Waals surface area contributed by atoms with Gasteiger partial charge in [-0.3, -0.25) is 4.57 Å². The van der Waals surface area contributed by atoms with Crippen LogP contribution in [0, 0.1) is 13.8 Å². The van der Waals surface area contributed by atoms with Crippen molar-refractivity contribution in [2.45, 2.75) is 53.4 Å². The second kappa shape index (κ2) is 6.60. The molecule has 1 aromatic heterocycles. The molecule has 0 atom stereocenters. The summed E-state index contributed by atoms with van der Waals surface area (Å²) < 4.78 is 2.12. The van der Waals surface area contributed by atoms with Crippen molar-refractivity contribution >= 4 is 5.69 Å². The second-order valence-electron chi connectivity index (χ2n) is 7.93. The zero-order valence-electron chi connectivity index (χ0n) is 16.6. The van der Waals surface area contributed by atoms with Crippen molar-refractivity contribution in [2.24, 2.45) is 0 Å². The molecule has 0 radical (unpaired) electrons. The summed E-state index contributed by atoms with van der Waals surface area (Å²) in [6.07, 6.45) is 1.03. The molecule has 0 saturated carbocycles. The van der Waals surface area contributed by atoms with E-state index in [9.17, 15) is 0 Å². The molecule has 0 bridgehead atoms. The van der Waals surface area contributed by atoms with Crippen LogP contribution in [-0.2, 0) is 11.8 Å². The van der Waals surface area contributed by atoms with Gasteiger partial charge in [-0.2, -0.15) is 0 Å². The lowest BCUT2D eigenvalue weighted by Crippen LogP contribution is -2.15. The van der Waals surface area contributed by atoms with Crippen molar-refractivity contribution in [1.29, 1.82) is 0 Å². The largest absolute Gasteiger partial charge is 0.398 e. The van der Waals surface area contributed by atoms with Gasteiger partial charge < -0.3 is 5.73 Å². The number of nitrogens with two attached hydrogens (primary N) is 1. The highest BCUT2D eigenvalue weighted by Gasteiger charge is 2.22. The van der Waals surface area contributed by atoms with Crippen LogP contribution in [0.25, 0.3) is 17.1 Å².